The Kier molecular flexibility index (Phi) is 2.74. The van der Waals surface area contributed by atoms with Gasteiger partial charge in [-0.2, -0.15) is 0 Å². The molecule has 3 aromatic rings. The van der Waals surface area contributed by atoms with Crippen molar-refractivity contribution in [2.75, 3.05) is 5.73 Å². The predicted octanol–water partition coefficient (Wildman–Crippen LogP) is 2.96. The summed E-state index contributed by atoms with van der Waals surface area (Å²) in [6.07, 6.45) is 0.895. The first-order chi connectivity index (χ1) is 8.77. The van der Waals surface area contributed by atoms with Crippen LogP contribution in [0.5, 0.6) is 0 Å². The van der Waals surface area contributed by atoms with Crippen LogP contribution in [0.1, 0.15) is 17.2 Å². The molecule has 2 heterocycles. The van der Waals surface area contributed by atoms with Crippen LogP contribution in [0.25, 0.3) is 10.1 Å². The van der Waals surface area contributed by atoms with Crippen molar-refractivity contribution in [3.05, 3.63) is 59.1 Å². The molecule has 0 radical (unpaired) electrons. The third kappa shape index (κ3) is 1.75. The van der Waals surface area contributed by atoms with E-state index in [4.69, 9.17) is 5.73 Å². The van der Waals surface area contributed by atoms with E-state index in [0.29, 0.717) is 11.4 Å². The molecule has 90 valence electrons. The van der Waals surface area contributed by atoms with Crippen LogP contribution in [0.3, 0.4) is 0 Å². The van der Waals surface area contributed by atoms with Gasteiger partial charge in [0.2, 0.25) is 0 Å². The van der Waals surface area contributed by atoms with Crippen LogP contribution in [-0.2, 0) is 0 Å². The van der Waals surface area contributed by atoms with Crippen molar-refractivity contribution in [2.24, 2.45) is 0 Å². The molecule has 0 bridgehead atoms. The van der Waals surface area contributed by atoms with Crippen LogP contribution >= 0.6 is 11.3 Å². The number of nitrogens with zero attached hydrogens (tertiary/aromatic N) is 1. The molecule has 1 aromatic carbocycles. The second kappa shape index (κ2) is 4.40. The van der Waals surface area contributed by atoms with Crippen molar-refractivity contribution in [3.8, 4) is 0 Å². The zero-order chi connectivity index (χ0) is 12.5. The van der Waals surface area contributed by atoms with Crippen molar-refractivity contribution in [1.29, 1.82) is 0 Å². The van der Waals surface area contributed by atoms with Gasteiger partial charge in [0.25, 0.3) is 0 Å². The van der Waals surface area contributed by atoms with Gasteiger partial charge in [0.1, 0.15) is 11.9 Å². The number of aromatic nitrogens is 1. The Morgan fingerprint density at radius 3 is 2.78 bits per heavy atom. The number of hydrogen-bond acceptors (Lipinski definition) is 4. The number of hydrogen-bond donors (Lipinski definition) is 2. The summed E-state index contributed by atoms with van der Waals surface area (Å²) in [5, 5.41) is 13.5. The molecule has 3 nitrogen and oxygen atoms in total. The molecule has 0 amide bonds. The minimum Gasteiger partial charge on any atom is -0.383 e. The highest BCUT2D eigenvalue weighted by atomic mass is 32.1. The molecule has 0 fully saturated rings. The Balaban J connectivity index is 2.13. The van der Waals surface area contributed by atoms with E-state index in [0.717, 1.165) is 15.6 Å². The lowest BCUT2D eigenvalue weighted by atomic mass is 10.0. The molecule has 0 aliphatic heterocycles. The highest BCUT2D eigenvalue weighted by Gasteiger charge is 2.17. The molecule has 0 saturated heterocycles. The Morgan fingerprint density at radius 2 is 1.94 bits per heavy atom. The molecule has 0 aliphatic carbocycles. The lowest BCUT2D eigenvalue weighted by molar-refractivity contribution is 0.222. The molecular weight excluding hydrogens is 244 g/mol. The molecule has 2 aromatic heterocycles. The average molecular weight is 256 g/mol. The lowest BCUT2D eigenvalue weighted by Crippen LogP contribution is -2.04. The van der Waals surface area contributed by atoms with Gasteiger partial charge in [-0.15, -0.1) is 11.3 Å². The number of aliphatic hydroxyl groups is 1. The van der Waals surface area contributed by atoms with Crippen LogP contribution in [0.2, 0.25) is 0 Å². The highest BCUT2D eigenvalue weighted by Crippen LogP contribution is 2.34. The van der Waals surface area contributed by atoms with Crippen molar-refractivity contribution < 1.29 is 5.11 Å². The Bertz CT molecular complexity index is 693. The molecule has 18 heavy (non-hydrogen) atoms. The maximum absolute atomic E-state index is 10.4. The molecule has 0 spiro atoms. The third-order valence-electron chi connectivity index (χ3n) is 2.97. The minimum absolute atomic E-state index is 0.375. The first-order valence-corrected chi connectivity index (χ1v) is 6.50. The zero-order valence-electron chi connectivity index (χ0n) is 9.58. The van der Waals surface area contributed by atoms with Crippen LogP contribution in [0.15, 0.2) is 48.0 Å². The maximum atomic E-state index is 10.4. The highest BCUT2D eigenvalue weighted by molar-refractivity contribution is 7.17. The van der Waals surface area contributed by atoms with Gasteiger partial charge in [0.15, 0.2) is 0 Å². The Labute approximate surface area is 109 Å². The van der Waals surface area contributed by atoms with E-state index in [1.165, 1.54) is 0 Å². The number of anilines is 1. The van der Waals surface area contributed by atoms with Crippen molar-refractivity contribution >= 4 is 27.2 Å². The smallest absolute Gasteiger partial charge is 0.129 e. The van der Waals surface area contributed by atoms with E-state index in [9.17, 15) is 5.11 Å². The quantitative estimate of drug-likeness (QED) is 0.741. The van der Waals surface area contributed by atoms with Gasteiger partial charge in [-0.25, -0.2) is 4.98 Å². The number of benzene rings is 1. The molecule has 1 unspecified atom stereocenters. The largest absolute Gasteiger partial charge is 0.383 e. The summed E-state index contributed by atoms with van der Waals surface area (Å²) in [7, 11) is 0. The molecule has 0 aliphatic rings. The SMILES string of the molecule is Nc1ncccc1C(O)c1csc2ccccc12. The third-order valence-corrected chi connectivity index (χ3v) is 3.95. The van der Waals surface area contributed by atoms with Gasteiger partial charge in [-0.05, 0) is 22.9 Å². The molecular formula is C14H12N2OS. The Morgan fingerprint density at radius 1 is 1.11 bits per heavy atom. The summed E-state index contributed by atoms with van der Waals surface area (Å²) in [6, 6.07) is 11.6. The van der Waals surface area contributed by atoms with Crippen LogP contribution in [0, 0.1) is 0 Å². The summed E-state index contributed by atoms with van der Waals surface area (Å²) in [6.45, 7) is 0. The lowest BCUT2D eigenvalue weighted by Gasteiger charge is -2.11. The van der Waals surface area contributed by atoms with Crippen LogP contribution in [0.4, 0.5) is 5.82 Å². The van der Waals surface area contributed by atoms with Crippen molar-refractivity contribution in [1.82, 2.24) is 4.98 Å². The van der Waals surface area contributed by atoms with E-state index in [2.05, 4.69) is 4.98 Å². The first-order valence-electron chi connectivity index (χ1n) is 5.62. The van der Waals surface area contributed by atoms with Crippen molar-refractivity contribution in [2.45, 2.75) is 6.10 Å². The summed E-state index contributed by atoms with van der Waals surface area (Å²) in [4.78, 5) is 4.01. The minimum atomic E-state index is -0.727. The van der Waals surface area contributed by atoms with Crippen molar-refractivity contribution in [3.63, 3.8) is 0 Å². The molecule has 1 atom stereocenters. The van der Waals surface area contributed by atoms with Gasteiger partial charge in [-0.1, -0.05) is 24.3 Å². The fourth-order valence-electron chi connectivity index (χ4n) is 2.04. The fourth-order valence-corrected chi connectivity index (χ4v) is 3.02. The first kappa shape index (κ1) is 11.2. The normalized spacial score (nSPS) is 12.7. The average Bonchev–Trinajstić information content (AvgIpc) is 2.82. The second-order valence-corrected chi connectivity index (χ2v) is 4.98. The number of aliphatic hydroxyl groups excluding tert-OH is 1. The molecule has 3 rings (SSSR count). The number of rotatable bonds is 2. The molecule has 0 saturated carbocycles. The number of nitrogen functional groups attached to an aromatic ring is 1. The Hall–Kier alpha value is -1.91. The number of thiophene rings is 1. The fraction of sp³-hybridized carbons (Fsp3) is 0.0714. The maximum Gasteiger partial charge on any atom is 0.129 e. The number of nitrogens with two attached hydrogens (primary N) is 1. The van der Waals surface area contributed by atoms with Gasteiger partial charge < -0.3 is 10.8 Å². The molecule has 4 heteroatoms. The van der Waals surface area contributed by atoms with Crippen LogP contribution < -0.4 is 5.73 Å². The van der Waals surface area contributed by atoms with E-state index in [1.807, 2.05) is 29.6 Å². The zero-order valence-corrected chi connectivity index (χ0v) is 10.4. The standard InChI is InChI=1S/C14H12N2OS/c15-14-10(5-3-7-16-14)13(17)11-8-18-12-6-2-1-4-9(11)12/h1-8,13,17H,(H2,15,16). The summed E-state index contributed by atoms with van der Waals surface area (Å²) in [5.74, 6) is 0.375. The van der Waals surface area contributed by atoms with Gasteiger partial charge in [0.05, 0.1) is 0 Å². The topological polar surface area (TPSA) is 59.1 Å². The summed E-state index contributed by atoms with van der Waals surface area (Å²) in [5.41, 5.74) is 7.34. The van der Waals surface area contributed by atoms with E-state index in [-0.39, 0.29) is 0 Å². The monoisotopic (exact) mass is 256 g/mol. The summed E-state index contributed by atoms with van der Waals surface area (Å²) >= 11 is 1.62. The van der Waals surface area contributed by atoms with E-state index in [1.54, 1.807) is 29.7 Å². The number of fused-ring (bicyclic) bond motifs is 1. The second-order valence-electron chi connectivity index (χ2n) is 4.07. The van der Waals surface area contributed by atoms with Gasteiger partial charge in [-0.3, -0.25) is 0 Å². The van der Waals surface area contributed by atoms with Gasteiger partial charge in [0, 0.05) is 22.0 Å². The summed E-state index contributed by atoms with van der Waals surface area (Å²) < 4.78 is 1.16. The molecule has 3 N–H and O–H groups in total. The van der Waals surface area contributed by atoms with Crippen LogP contribution in [-0.4, -0.2) is 10.1 Å². The number of pyridine rings is 1. The predicted molar refractivity (Wildman–Crippen MR) is 74.5 cm³/mol. The van der Waals surface area contributed by atoms with E-state index >= 15 is 0 Å². The van der Waals surface area contributed by atoms with Gasteiger partial charge >= 0.3 is 0 Å². The van der Waals surface area contributed by atoms with E-state index < -0.39 is 6.10 Å².